The van der Waals surface area contributed by atoms with Crippen LogP contribution in [0.25, 0.3) is 0 Å². The number of rotatable bonds is 10. The van der Waals surface area contributed by atoms with Crippen LogP contribution in [0, 0.1) is 6.92 Å². The van der Waals surface area contributed by atoms with E-state index in [4.69, 9.17) is 9.47 Å². The van der Waals surface area contributed by atoms with Crippen molar-refractivity contribution in [1.29, 1.82) is 0 Å². The van der Waals surface area contributed by atoms with Crippen LogP contribution in [0.3, 0.4) is 0 Å². The Labute approximate surface area is 188 Å². The second kappa shape index (κ2) is 11.1. The molecule has 170 valence electrons. The zero-order chi connectivity index (χ0) is 23.7. The van der Waals surface area contributed by atoms with Crippen molar-refractivity contribution >= 4 is 28.3 Å². The molecule has 0 unspecified atom stereocenters. The Kier molecular flexibility index (Phi) is 8.60. The van der Waals surface area contributed by atoms with Crippen molar-refractivity contribution in [3.63, 3.8) is 0 Å². The van der Waals surface area contributed by atoms with Crippen LogP contribution in [0.15, 0.2) is 76.4 Å². The van der Waals surface area contributed by atoms with E-state index < -0.39 is 22.5 Å². The molecule has 32 heavy (non-hydrogen) atoms. The van der Waals surface area contributed by atoms with Gasteiger partial charge < -0.3 is 14.8 Å². The van der Waals surface area contributed by atoms with Crippen molar-refractivity contribution in [2.24, 2.45) is 4.99 Å². The van der Waals surface area contributed by atoms with Gasteiger partial charge in [-0.3, -0.25) is 14.1 Å². The van der Waals surface area contributed by atoms with Gasteiger partial charge in [0.25, 0.3) is 10.0 Å². The van der Waals surface area contributed by atoms with E-state index in [1.807, 2.05) is 6.92 Å². The number of aliphatic imine (C=N–C) groups is 1. The van der Waals surface area contributed by atoms with Gasteiger partial charge in [-0.2, -0.15) is 0 Å². The molecule has 0 saturated carbocycles. The monoisotopic (exact) mass is 457 g/mol. The first-order valence-electron chi connectivity index (χ1n) is 9.66. The molecule has 0 aliphatic rings. The number of aryl methyl sites for hydroxylation is 1. The number of allylic oxidation sites excluding steroid dienone is 2. The summed E-state index contributed by atoms with van der Waals surface area (Å²) in [5.41, 5.74) is 1.45. The molecule has 1 amide bonds. The van der Waals surface area contributed by atoms with Crippen molar-refractivity contribution in [3.05, 3.63) is 72.1 Å². The van der Waals surface area contributed by atoms with Crippen LogP contribution in [-0.2, 0) is 14.8 Å². The molecule has 0 spiro atoms. The lowest BCUT2D eigenvalue weighted by Crippen LogP contribution is -2.40. The number of amides is 1. The van der Waals surface area contributed by atoms with Crippen molar-refractivity contribution in [2.75, 3.05) is 25.1 Å². The normalized spacial score (nSPS) is 11.8. The average molecular weight is 458 g/mol. The number of sulfonamides is 1. The van der Waals surface area contributed by atoms with Crippen LogP contribution in [0.2, 0.25) is 0 Å². The van der Waals surface area contributed by atoms with Gasteiger partial charge in [-0.05, 0) is 50.9 Å². The van der Waals surface area contributed by atoms with Crippen molar-refractivity contribution < 1.29 is 22.7 Å². The van der Waals surface area contributed by atoms with Crippen LogP contribution in [0.5, 0.6) is 11.5 Å². The average Bonchev–Trinajstić information content (AvgIpc) is 2.77. The highest BCUT2D eigenvalue weighted by Crippen LogP contribution is 2.35. The Hall–Kier alpha value is -3.59. The number of methoxy groups -OCH3 is 2. The number of anilines is 1. The minimum absolute atomic E-state index is 0.0396. The summed E-state index contributed by atoms with van der Waals surface area (Å²) in [5, 5.41) is 2.64. The summed E-state index contributed by atoms with van der Waals surface area (Å²) in [6, 6.07) is 11.1. The summed E-state index contributed by atoms with van der Waals surface area (Å²) in [6.07, 6.45) is 4.70. The second-order valence-corrected chi connectivity index (χ2v) is 8.54. The number of hydrogen-bond acceptors (Lipinski definition) is 6. The van der Waals surface area contributed by atoms with Gasteiger partial charge >= 0.3 is 0 Å². The Morgan fingerprint density at radius 3 is 2.41 bits per heavy atom. The SMILES string of the molecule is C=N/C=C(\C=C/C)NC(=O)CN(c1cc(OC)ccc1OC)S(=O)(=O)c1ccc(C)cc1. The molecule has 0 heterocycles. The number of nitrogens with one attached hydrogen (secondary N) is 1. The number of nitrogens with zero attached hydrogens (tertiary/aromatic N) is 2. The predicted molar refractivity (Wildman–Crippen MR) is 126 cm³/mol. The van der Waals surface area contributed by atoms with E-state index in [0.29, 0.717) is 11.4 Å². The van der Waals surface area contributed by atoms with Crippen LogP contribution in [-0.4, -0.2) is 41.8 Å². The van der Waals surface area contributed by atoms with E-state index in [0.717, 1.165) is 9.87 Å². The Morgan fingerprint density at radius 1 is 1.16 bits per heavy atom. The third kappa shape index (κ3) is 5.98. The fourth-order valence-corrected chi connectivity index (χ4v) is 4.28. The Morgan fingerprint density at radius 2 is 1.84 bits per heavy atom. The molecular formula is C23H27N3O5S. The molecular weight excluding hydrogens is 430 g/mol. The molecule has 0 aliphatic carbocycles. The standard InChI is InChI=1S/C23H27N3O5S/c1-6-7-18(15-24-3)25-23(27)16-26(21-14-19(30-4)10-13-22(21)31-5)32(28,29)20-11-8-17(2)9-12-20/h6-15H,3,16H2,1-2,4-5H3,(H,25,27)/b7-6-,18-15+. The van der Waals surface area contributed by atoms with Crippen LogP contribution < -0.4 is 19.1 Å². The van der Waals surface area contributed by atoms with E-state index in [2.05, 4.69) is 17.0 Å². The first-order chi connectivity index (χ1) is 15.3. The summed E-state index contributed by atoms with van der Waals surface area (Å²) in [6.45, 7) is 6.50. The molecule has 2 rings (SSSR count). The third-order valence-corrected chi connectivity index (χ3v) is 6.19. The largest absolute Gasteiger partial charge is 0.497 e. The molecule has 8 nitrogen and oxygen atoms in total. The van der Waals surface area contributed by atoms with E-state index in [1.165, 1.54) is 38.6 Å². The van der Waals surface area contributed by atoms with E-state index in [9.17, 15) is 13.2 Å². The molecule has 0 saturated heterocycles. The van der Waals surface area contributed by atoms with Crippen molar-refractivity contribution in [3.8, 4) is 11.5 Å². The van der Waals surface area contributed by atoms with E-state index in [1.54, 1.807) is 43.3 Å². The van der Waals surface area contributed by atoms with Crippen LogP contribution in [0.4, 0.5) is 5.69 Å². The van der Waals surface area contributed by atoms with Crippen molar-refractivity contribution in [2.45, 2.75) is 18.7 Å². The Balaban J connectivity index is 2.58. The number of hydrogen-bond donors (Lipinski definition) is 1. The number of ether oxygens (including phenoxy) is 2. The predicted octanol–water partition coefficient (Wildman–Crippen LogP) is 3.44. The highest BCUT2D eigenvalue weighted by molar-refractivity contribution is 7.92. The van der Waals surface area contributed by atoms with Gasteiger partial charge in [0.1, 0.15) is 18.0 Å². The minimum atomic E-state index is -4.12. The molecule has 1 N–H and O–H groups in total. The maximum Gasteiger partial charge on any atom is 0.264 e. The van der Waals surface area contributed by atoms with Crippen LogP contribution >= 0.6 is 0 Å². The Bertz CT molecular complexity index is 1120. The highest BCUT2D eigenvalue weighted by atomic mass is 32.2. The summed E-state index contributed by atoms with van der Waals surface area (Å²) in [4.78, 5) is 16.5. The quantitative estimate of drug-likeness (QED) is 0.435. The maximum atomic E-state index is 13.6. The summed E-state index contributed by atoms with van der Waals surface area (Å²) in [5.74, 6) is 0.112. The first-order valence-corrected chi connectivity index (χ1v) is 11.1. The molecule has 2 aromatic rings. The van der Waals surface area contributed by atoms with Gasteiger partial charge in [0.05, 0.1) is 30.5 Å². The first kappa shape index (κ1) is 24.7. The lowest BCUT2D eigenvalue weighted by Gasteiger charge is -2.26. The molecule has 0 fully saturated rings. The minimum Gasteiger partial charge on any atom is -0.497 e. The lowest BCUT2D eigenvalue weighted by atomic mass is 10.2. The van der Waals surface area contributed by atoms with E-state index >= 15 is 0 Å². The van der Waals surface area contributed by atoms with Gasteiger partial charge in [0, 0.05) is 12.3 Å². The third-order valence-electron chi connectivity index (χ3n) is 4.41. The second-order valence-electron chi connectivity index (χ2n) is 6.68. The fourth-order valence-electron chi connectivity index (χ4n) is 2.85. The molecule has 0 aromatic heterocycles. The van der Waals surface area contributed by atoms with Gasteiger partial charge in [-0.15, -0.1) is 0 Å². The van der Waals surface area contributed by atoms with Gasteiger partial charge in [-0.25, -0.2) is 8.42 Å². The van der Waals surface area contributed by atoms with E-state index in [-0.39, 0.29) is 16.3 Å². The highest BCUT2D eigenvalue weighted by Gasteiger charge is 2.30. The zero-order valence-corrected chi connectivity index (χ0v) is 19.3. The van der Waals surface area contributed by atoms with Gasteiger partial charge in [0.15, 0.2) is 0 Å². The summed E-state index contributed by atoms with van der Waals surface area (Å²) < 4.78 is 38.8. The van der Waals surface area contributed by atoms with Gasteiger partial charge in [-0.1, -0.05) is 23.8 Å². The lowest BCUT2D eigenvalue weighted by molar-refractivity contribution is -0.118. The number of carbonyl (C=O) groups excluding carboxylic acids is 1. The zero-order valence-electron chi connectivity index (χ0n) is 18.5. The smallest absolute Gasteiger partial charge is 0.264 e. The molecule has 0 bridgehead atoms. The topological polar surface area (TPSA) is 97.3 Å². The van der Waals surface area contributed by atoms with Crippen molar-refractivity contribution in [1.82, 2.24) is 5.32 Å². The van der Waals surface area contributed by atoms with Gasteiger partial charge in [0.2, 0.25) is 5.91 Å². The molecule has 0 aliphatic heterocycles. The molecule has 0 atom stereocenters. The number of benzene rings is 2. The molecule has 0 radical (unpaired) electrons. The number of carbonyl (C=O) groups is 1. The fraction of sp³-hybridized carbons (Fsp3) is 0.217. The van der Waals surface area contributed by atoms with Crippen LogP contribution in [0.1, 0.15) is 12.5 Å². The summed E-state index contributed by atoms with van der Waals surface area (Å²) in [7, 11) is -1.23. The molecule has 9 heteroatoms. The molecule has 2 aromatic carbocycles. The maximum absolute atomic E-state index is 13.6. The summed E-state index contributed by atoms with van der Waals surface area (Å²) >= 11 is 0.